The molecule has 0 aliphatic heterocycles. The smallest absolute Gasteiger partial charge is 0.421 e. The zero-order valence-corrected chi connectivity index (χ0v) is 10.3. The van der Waals surface area contributed by atoms with Gasteiger partial charge in [0.25, 0.3) is 0 Å². The van der Waals surface area contributed by atoms with Crippen LogP contribution in [0.1, 0.15) is 24.0 Å². The van der Waals surface area contributed by atoms with Gasteiger partial charge in [0.05, 0.1) is 7.11 Å². The van der Waals surface area contributed by atoms with E-state index < -0.39 is 11.8 Å². The normalized spacial score (nSPS) is 23.6. The van der Waals surface area contributed by atoms with Crippen LogP contribution in [0.3, 0.4) is 0 Å². The summed E-state index contributed by atoms with van der Waals surface area (Å²) in [7, 11) is 2.55. The second kappa shape index (κ2) is 4.46. The second-order valence-electron chi connectivity index (χ2n) is 4.41. The van der Waals surface area contributed by atoms with Crippen LogP contribution >= 0.6 is 0 Å². The van der Waals surface area contributed by atoms with Crippen molar-refractivity contribution in [2.45, 2.75) is 31.0 Å². The molecule has 0 aromatic heterocycles. The molecule has 1 atom stereocenters. The number of aryl methyl sites for hydroxylation is 1. The fraction of sp³-hybridized carbons (Fsp3) is 0.538. The van der Waals surface area contributed by atoms with Crippen molar-refractivity contribution in [3.05, 3.63) is 29.3 Å². The average Bonchev–Trinajstić information content (AvgIpc) is 2.35. The average molecular weight is 260 g/mol. The van der Waals surface area contributed by atoms with Gasteiger partial charge in [-0.15, -0.1) is 0 Å². The molecule has 0 amide bonds. The van der Waals surface area contributed by atoms with E-state index in [2.05, 4.69) is 0 Å². The second-order valence-corrected chi connectivity index (χ2v) is 4.41. The van der Waals surface area contributed by atoms with Crippen LogP contribution in [0, 0.1) is 0 Å². The highest BCUT2D eigenvalue weighted by molar-refractivity contribution is 5.42. The van der Waals surface area contributed by atoms with Gasteiger partial charge in [-0.2, -0.15) is 13.2 Å². The van der Waals surface area contributed by atoms with Crippen molar-refractivity contribution in [3.63, 3.8) is 0 Å². The SMILES string of the molecule is COc1ccc2c(c1)C(OC)(C(F)(F)F)CCC2. The Morgan fingerprint density at radius 3 is 2.50 bits per heavy atom. The summed E-state index contributed by atoms with van der Waals surface area (Å²) in [6.45, 7) is 0. The summed E-state index contributed by atoms with van der Waals surface area (Å²) in [6.07, 6.45) is -3.37. The van der Waals surface area contributed by atoms with E-state index in [1.807, 2.05) is 0 Å². The number of hydrogen-bond acceptors (Lipinski definition) is 2. The molecule has 0 spiro atoms. The highest BCUT2D eigenvalue weighted by atomic mass is 19.4. The number of ether oxygens (including phenoxy) is 2. The van der Waals surface area contributed by atoms with Crippen molar-refractivity contribution in [2.75, 3.05) is 14.2 Å². The molecule has 18 heavy (non-hydrogen) atoms. The Labute approximate surface area is 104 Å². The largest absolute Gasteiger partial charge is 0.497 e. The number of methoxy groups -OCH3 is 2. The summed E-state index contributed by atoms with van der Waals surface area (Å²) in [4.78, 5) is 0. The van der Waals surface area contributed by atoms with Gasteiger partial charge in [-0.05, 0) is 42.5 Å². The lowest BCUT2D eigenvalue weighted by atomic mass is 9.78. The first-order valence-corrected chi connectivity index (χ1v) is 5.74. The van der Waals surface area contributed by atoms with Gasteiger partial charge in [0, 0.05) is 7.11 Å². The van der Waals surface area contributed by atoms with Gasteiger partial charge in [0.2, 0.25) is 0 Å². The first-order valence-electron chi connectivity index (χ1n) is 5.74. The minimum absolute atomic E-state index is 0.0484. The molecule has 2 rings (SSSR count). The van der Waals surface area contributed by atoms with Crippen molar-refractivity contribution in [1.29, 1.82) is 0 Å². The monoisotopic (exact) mass is 260 g/mol. The Morgan fingerprint density at radius 1 is 1.22 bits per heavy atom. The van der Waals surface area contributed by atoms with E-state index in [-0.39, 0.29) is 12.0 Å². The molecule has 100 valence electrons. The molecular formula is C13H15F3O2. The van der Waals surface area contributed by atoms with E-state index >= 15 is 0 Å². The molecular weight excluding hydrogens is 245 g/mol. The molecule has 1 unspecified atom stereocenters. The van der Waals surface area contributed by atoms with Gasteiger partial charge in [-0.1, -0.05) is 6.07 Å². The van der Waals surface area contributed by atoms with Crippen LogP contribution in [0.2, 0.25) is 0 Å². The van der Waals surface area contributed by atoms with E-state index in [9.17, 15) is 13.2 Å². The number of benzene rings is 1. The maximum atomic E-state index is 13.3. The van der Waals surface area contributed by atoms with Crippen molar-refractivity contribution >= 4 is 0 Å². The molecule has 0 saturated heterocycles. The Bertz CT molecular complexity index is 442. The molecule has 2 nitrogen and oxygen atoms in total. The summed E-state index contributed by atoms with van der Waals surface area (Å²) < 4.78 is 49.9. The van der Waals surface area contributed by atoms with E-state index in [0.717, 1.165) is 7.11 Å². The lowest BCUT2D eigenvalue weighted by Gasteiger charge is -2.39. The van der Waals surface area contributed by atoms with E-state index in [1.165, 1.54) is 13.2 Å². The van der Waals surface area contributed by atoms with Crippen LogP contribution in [-0.4, -0.2) is 20.4 Å². The summed E-state index contributed by atoms with van der Waals surface area (Å²) in [5.41, 5.74) is -1.33. The predicted molar refractivity (Wildman–Crippen MR) is 60.7 cm³/mol. The number of hydrogen-bond donors (Lipinski definition) is 0. The standard InChI is InChI=1S/C13H15F3O2/c1-17-10-6-5-9-4-3-7-12(18-2,11(9)8-10)13(14,15)16/h5-6,8H,3-4,7H2,1-2H3. The van der Waals surface area contributed by atoms with Gasteiger partial charge in [0.1, 0.15) is 5.75 Å². The molecule has 1 aliphatic carbocycles. The quantitative estimate of drug-likeness (QED) is 0.811. The van der Waals surface area contributed by atoms with Gasteiger partial charge in [-0.25, -0.2) is 0 Å². The van der Waals surface area contributed by atoms with Crippen molar-refractivity contribution in [1.82, 2.24) is 0 Å². The summed E-state index contributed by atoms with van der Waals surface area (Å²) >= 11 is 0. The first-order chi connectivity index (χ1) is 8.44. The Kier molecular flexibility index (Phi) is 3.27. The highest BCUT2D eigenvalue weighted by Crippen LogP contribution is 2.49. The van der Waals surface area contributed by atoms with Crippen LogP contribution in [0.5, 0.6) is 5.75 Å². The molecule has 1 aromatic rings. The van der Waals surface area contributed by atoms with Crippen LogP contribution in [0.15, 0.2) is 18.2 Å². The molecule has 5 heteroatoms. The Balaban J connectivity index is 2.61. The maximum Gasteiger partial charge on any atom is 0.421 e. The summed E-state index contributed by atoms with van der Waals surface area (Å²) in [5, 5.41) is 0. The molecule has 0 N–H and O–H groups in total. The van der Waals surface area contributed by atoms with Gasteiger partial charge in [0.15, 0.2) is 5.60 Å². The molecule has 1 aliphatic rings. The molecule has 0 saturated carbocycles. The number of rotatable bonds is 2. The van der Waals surface area contributed by atoms with Crippen molar-refractivity contribution in [2.24, 2.45) is 0 Å². The Morgan fingerprint density at radius 2 is 1.94 bits per heavy atom. The molecule has 0 fully saturated rings. The maximum absolute atomic E-state index is 13.3. The van der Waals surface area contributed by atoms with Crippen molar-refractivity contribution < 1.29 is 22.6 Å². The van der Waals surface area contributed by atoms with Crippen LogP contribution < -0.4 is 4.74 Å². The fourth-order valence-corrected chi connectivity index (χ4v) is 2.56. The lowest BCUT2D eigenvalue weighted by Crippen LogP contribution is -2.46. The van der Waals surface area contributed by atoms with E-state index in [1.54, 1.807) is 12.1 Å². The summed E-state index contributed by atoms with van der Waals surface area (Å²) in [6, 6.07) is 4.80. The third-order valence-corrected chi connectivity index (χ3v) is 3.53. The predicted octanol–water partition coefficient (Wildman–Crippen LogP) is 3.44. The number of halogens is 3. The van der Waals surface area contributed by atoms with E-state index in [4.69, 9.17) is 9.47 Å². The number of alkyl halides is 3. The molecule has 0 bridgehead atoms. The molecule has 0 heterocycles. The number of fused-ring (bicyclic) bond motifs is 1. The van der Waals surface area contributed by atoms with Gasteiger partial charge < -0.3 is 9.47 Å². The lowest BCUT2D eigenvalue weighted by molar-refractivity contribution is -0.281. The third kappa shape index (κ3) is 1.86. The van der Waals surface area contributed by atoms with Crippen LogP contribution in [-0.2, 0) is 16.8 Å². The zero-order chi connectivity index (χ0) is 13.4. The summed E-state index contributed by atoms with van der Waals surface area (Å²) in [5.74, 6) is 0.418. The first kappa shape index (κ1) is 13.2. The highest BCUT2D eigenvalue weighted by Gasteiger charge is 2.58. The Hall–Kier alpha value is -1.23. The molecule has 1 aromatic carbocycles. The van der Waals surface area contributed by atoms with E-state index in [0.29, 0.717) is 24.2 Å². The van der Waals surface area contributed by atoms with Gasteiger partial charge in [-0.3, -0.25) is 0 Å². The third-order valence-electron chi connectivity index (χ3n) is 3.53. The van der Waals surface area contributed by atoms with Gasteiger partial charge >= 0.3 is 6.18 Å². The topological polar surface area (TPSA) is 18.5 Å². The van der Waals surface area contributed by atoms with Crippen LogP contribution in [0.25, 0.3) is 0 Å². The van der Waals surface area contributed by atoms with Crippen LogP contribution in [0.4, 0.5) is 13.2 Å². The minimum atomic E-state index is -4.43. The minimum Gasteiger partial charge on any atom is -0.497 e. The zero-order valence-electron chi connectivity index (χ0n) is 10.3. The fourth-order valence-electron chi connectivity index (χ4n) is 2.56. The molecule has 0 radical (unpaired) electrons. The van der Waals surface area contributed by atoms with Crippen molar-refractivity contribution in [3.8, 4) is 5.75 Å².